The van der Waals surface area contributed by atoms with Crippen LogP contribution in [0.3, 0.4) is 0 Å². The monoisotopic (exact) mass is 568 g/mol. The molecule has 8 rings (SSSR count). The van der Waals surface area contributed by atoms with Crippen molar-refractivity contribution in [2.24, 2.45) is 0 Å². The number of benzene rings is 6. The summed E-state index contributed by atoms with van der Waals surface area (Å²) in [5.41, 5.74) is 12.8. The van der Waals surface area contributed by atoms with Gasteiger partial charge in [0.25, 0.3) is 0 Å². The second kappa shape index (κ2) is 9.53. The minimum Gasteiger partial charge on any atom is -0.310 e. The highest BCUT2D eigenvalue weighted by Gasteiger charge is 2.53. The molecule has 0 saturated carbocycles. The van der Waals surface area contributed by atoms with Crippen molar-refractivity contribution in [3.05, 3.63) is 184 Å². The minimum atomic E-state index is -0.510. The number of rotatable bonds is 3. The lowest BCUT2D eigenvalue weighted by Gasteiger charge is -2.46. The third-order valence-electron chi connectivity index (χ3n) is 9.63. The molecule has 0 heterocycles. The smallest absolute Gasteiger partial charge is 0.123 e. The molecular weight excluding hydrogens is 539 g/mol. The van der Waals surface area contributed by atoms with E-state index in [2.05, 4.69) is 116 Å². The van der Waals surface area contributed by atoms with Crippen LogP contribution in [0.15, 0.2) is 140 Å². The molecule has 0 radical (unpaired) electrons. The van der Waals surface area contributed by atoms with E-state index in [1.807, 2.05) is 24.3 Å². The Morgan fingerprint density at radius 1 is 0.523 bits per heavy atom. The van der Waals surface area contributed by atoms with Gasteiger partial charge in [-0.05, 0) is 105 Å². The fourth-order valence-electron chi connectivity index (χ4n) is 7.71. The lowest BCUT2D eigenvalue weighted by atomic mass is 9.55. The molecule has 3 heteroatoms. The molecule has 44 heavy (non-hydrogen) atoms. The van der Waals surface area contributed by atoms with Gasteiger partial charge in [0.2, 0.25) is 0 Å². The van der Waals surface area contributed by atoms with Crippen LogP contribution in [-0.2, 0) is 10.8 Å². The summed E-state index contributed by atoms with van der Waals surface area (Å²) in [7, 11) is 0. The molecule has 2 aliphatic carbocycles. The Kier molecular flexibility index (Phi) is 5.67. The summed E-state index contributed by atoms with van der Waals surface area (Å²) >= 11 is 0. The fourth-order valence-corrected chi connectivity index (χ4v) is 7.71. The van der Waals surface area contributed by atoms with Gasteiger partial charge in [-0.3, -0.25) is 0 Å². The molecule has 0 aromatic heterocycles. The van der Waals surface area contributed by atoms with Gasteiger partial charge in [0.05, 0.1) is 17.0 Å². The largest absolute Gasteiger partial charge is 0.310 e. The Balaban J connectivity index is 1.45. The van der Waals surface area contributed by atoms with E-state index in [0.29, 0.717) is 5.56 Å². The number of hydrogen-bond acceptors (Lipinski definition) is 2. The highest BCUT2D eigenvalue weighted by atomic mass is 19.1. The Morgan fingerprint density at radius 3 is 1.59 bits per heavy atom. The van der Waals surface area contributed by atoms with Crippen molar-refractivity contribution in [1.82, 2.24) is 0 Å². The Hall–Kier alpha value is -5.46. The average molecular weight is 569 g/mol. The molecule has 0 unspecified atom stereocenters. The number of nitriles is 1. The first-order valence-corrected chi connectivity index (χ1v) is 14.9. The highest BCUT2D eigenvalue weighted by Crippen LogP contribution is 2.62. The van der Waals surface area contributed by atoms with E-state index in [4.69, 9.17) is 0 Å². The second-order valence-corrected chi connectivity index (χ2v) is 12.2. The number of fused-ring (bicyclic) bond motifs is 9. The van der Waals surface area contributed by atoms with Crippen LogP contribution in [0, 0.1) is 17.1 Å². The van der Waals surface area contributed by atoms with Crippen molar-refractivity contribution < 1.29 is 4.39 Å². The number of anilines is 3. The molecule has 1 spiro atoms. The molecule has 2 nitrogen and oxygen atoms in total. The Bertz CT molecular complexity index is 2070. The number of halogens is 1. The second-order valence-electron chi connectivity index (χ2n) is 12.2. The van der Waals surface area contributed by atoms with Gasteiger partial charge >= 0.3 is 0 Å². The predicted molar refractivity (Wildman–Crippen MR) is 175 cm³/mol. The summed E-state index contributed by atoms with van der Waals surface area (Å²) < 4.78 is 14.1. The third-order valence-corrected chi connectivity index (χ3v) is 9.63. The van der Waals surface area contributed by atoms with Gasteiger partial charge in [-0.2, -0.15) is 5.26 Å². The summed E-state index contributed by atoms with van der Waals surface area (Å²) in [5.74, 6) is -0.282. The van der Waals surface area contributed by atoms with Crippen LogP contribution >= 0.6 is 0 Å². The van der Waals surface area contributed by atoms with E-state index >= 15 is 0 Å². The Labute approximate surface area is 257 Å². The zero-order valence-electron chi connectivity index (χ0n) is 24.6. The van der Waals surface area contributed by atoms with E-state index in [-0.39, 0.29) is 11.2 Å². The molecule has 6 aromatic rings. The molecular formula is C41H29FN2. The number of hydrogen-bond donors (Lipinski definition) is 0. The summed E-state index contributed by atoms with van der Waals surface area (Å²) in [6.07, 6.45) is 0. The van der Waals surface area contributed by atoms with Crippen LogP contribution < -0.4 is 4.90 Å². The Morgan fingerprint density at radius 2 is 1.00 bits per heavy atom. The van der Waals surface area contributed by atoms with Gasteiger partial charge in [0, 0.05) is 22.5 Å². The van der Waals surface area contributed by atoms with Crippen molar-refractivity contribution in [3.63, 3.8) is 0 Å². The van der Waals surface area contributed by atoms with Crippen LogP contribution in [0.5, 0.6) is 0 Å². The van der Waals surface area contributed by atoms with Crippen molar-refractivity contribution in [3.8, 4) is 17.2 Å². The van der Waals surface area contributed by atoms with Gasteiger partial charge in [-0.1, -0.05) is 92.7 Å². The van der Waals surface area contributed by atoms with Gasteiger partial charge in [0.1, 0.15) is 5.82 Å². The van der Waals surface area contributed by atoms with E-state index in [1.165, 1.54) is 56.6 Å². The first-order valence-electron chi connectivity index (χ1n) is 14.9. The van der Waals surface area contributed by atoms with E-state index < -0.39 is 5.41 Å². The average Bonchev–Trinajstić information content (AvgIpc) is 3.36. The summed E-state index contributed by atoms with van der Waals surface area (Å²) in [6, 6.07) is 49.7. The van der Waals surface area contributed by atoms with Crippen LogP contribution in [0.1, 0.15) is 52.8 Å². The lowest BCUT2D eigenvalue weighted by Crippen LogP contribution is -2.40. The van der Waals surface area contributed by atoms with Gasteiger partial charge in [-0.25, -0.2) is 4.39 Å². The molecule has 210 valence electrons. The van der Waals surface area contributed by atoms with Crippen molar-refractivity contribution >= 4 is 17.1 Å². The molecule has 0 fully saturated rings. The zero-order valence-corrected chi connectivity index (χ0v) is 24.6. The van der Waals surface area contributed by atoms with E-state index in [9.17, 15) is 9.65 Å². The van der Waals surface area contributed by atoms with Gasteiger partial charge in [-0.15, -0.1) is 0 Å². The molecule has 0 amide bonds. The summed E-state index contributed by atoms with van der Waals surface area (Å²) in [5, 5.41) is 9.46. The third kappa shape index (κ3) is 3.52. The summed E-state index contributed by atoms with van der Waals surface area (Å²) in [4.78, 5) is 2.14. The normalized spacial score (nSPS) is 14.6. The van der Waals surface area contributed by atoms with Crippen LogP contribution in [-0.4, -0.2) is 0 Å². The molecule has 0 aliphatic heterocycles. The molecule has 0 atom stereocenters. The molecule has 6 aromatic carbocycles. The van der Waals surface area contributed by atoms with Crippen LogP contribution in [0.2, 0.25) is 0 Å². The topological polar surface area (TPSA) is 27.0 Å². The highest BCUT2D eigenvalue weighted by molar-refractivity contribution is 5.91. The van der Waals surface area contributed by atoms with Crippen LogP contribution in [0.4, 0.5) is 21.5 Å². The van der Waals surface area contributed by atoms with Gasteiger partial charge < -0.3 is 4.90 Å². The molecule has 0 saturated heterocycles. The molecule has 0 bridgehead atoms. The first kappa shape index (κ1) is 26.2. The van der Waals surface area contributed by atoms with Crippen LogP contribution in [0.25, 0.3) is 11.1 Å². The standard InChI is InChI=1S/C41H29FN2/c1-40(2)35-11-5-7-13-37(35)41(38-14-8-6-12-36(38)40)34-10-4-3-9-32(34)33-24-23-31(25-39(33)41)44(30-21-17-28(42)18-22-30)29-19-15-27(26-43)16-20-29/h3-25H,1-2H3. The maximum atomic E-state index is 14.1. The zero-order chi connectivity index (χ0) is 30.1. The number of nitrogens with zero attached hydrogens (tertiary/aromatic N) is 2. The van der Waals surface area contributed by atoms with Crippen molar-refractivity contribution in [1.29, 1.82) is 5.26 Å². The quantitative estimate of drug-likeness (QED) is 0.212. The predicted octanol–water partition coefficient (Wildman–Crippen LogP) is 10.2. The summed E-state index contributed by atoms with van der Waals surface area (Å²) in [6.45, 7) is 4.66. The fraction of sp³-hybridized carbons (Fsp3) is 0.0976. The minimum absolute atomic E-state index is 0.170. The molecule has 2 aliphatic rings. The van der Waals surface area contributed by atoms with Crippen molar-refractivity contribution in [2.45, 2.75) is 24.7 Å². The first-order chi connectivity index (χ1) is 21.4. The lowest BCUT2D eigenvalue weighted by molar-refractivity contribution is 0.563. The SMILES string of the molecule is CC1(C)c2ccccc2C2(c3ccccc3-c3ccc(N(c4ccc(F)cc4)c4ccc(C#N)cc4)cc32)c2ccccc21. The van der Waals surface area contributed by atoms with Crippen molar-refractivity contribution in [2.75, 3.05) is 4.90 Å². The molecule has 0 N–H and O–H groups in total. The van der Waals surface area contributed by atoms with E-state index in [1.54, 1.807) is 12.1 Å². The maximum absolute atomic E-state index is 14.1. The maximum Gasteiger partial charge on any atom is 0.123 e. The van der Waals surface area contributed by atoms with Gasteiger partial charge in [0.15, 0.2) is 0 Å². The van der Waals surface area contributed by atoms with E-state index in [0.717, 1.165) is 17.1 Å².